The van der Waals surface area contributed by atoms with Gasteiger partial charge in [-0.25, -0.2) is 4.68 Å². The summed E-state index contributed by atoms with van der Waals surface area (Å²) in [6, 6.07) is 15.4. The Balaban J connectivity index is 1.76. The number of carbonyl (C=O) groups is 1. The summed E-state index contributed by atoms with van der Waals surface area (Å²) >= 11 is 0. The highest BCUT2D eigenvalue weighted by Crippen LogP contribution is 2.24. The number of furan rings is 1. The van der Waals surface area contributed by atoms with Gasteiger partial charge in [0.1, 0.15) is 17.1 Å². The van der Waals surface area contributed by atoms with Gasteiger partial charge >= 0.3 is 0 Å². The quantitative estimate of drug-likeness (QED) is 0.540. The molecule has 6 heteroatoms. The van der Waals surface area contributed by atoms with Crippen LogP contribution in [0.1, 0.15) is 49.9 Å². The van der Waals surface area contributed by atoms with Gasteiger partial charge in [-0.1, -0.05) is 18.2 Å². The lowest BCUT2D eigenvalue weighted by atomic mass is 10.1. The number of amides is 1. The standard InChI is InChI=1S/C24H32N4O2/c1-5-27(6-2)16-10-11-18(3)25-24(29)22-17-21(23-15-14-19(4)30-23)26-28(22)20-12-8-7-9-13-20/h7-9,12-15,17-18H,5-6,10-11,16H2,1-4H3,(H,25,29)/p+1/t18-/m1/s1. The summed E-state index contributed by atoms with van der Waals surface area (Å²) in [5, 5.41) is 7.81. The number of aryl methyl sites for hydroxylation is 1. The van der Waals surface area contributed by atoms with Gasteiger partial charge in [0.05, 0.1) is 25.3 Å². The smallest absolute Gasteiger partial charge is 0.270 e. The van der Waals surface area contributed by atoms with E-state index in [4.69, 9.17) is 4.42 Å². The third-order valence-corrected chi connectivity index (χ3v) is 5.48. The fourth-order valence-corrected chi connectivity index (χ4v) is 3.63. The Morgan fingerprint density at radius 2 is 1.90 bits per heavy atom. The van der Waals surface area contributed by atoms with Gasteiger partial charge in [-0.15, -0.1) is 0 Å². The summed E-state index contributed by atoms with van der Waals surface area (Å²) in [5.74, 6) is 1.35. The molecule has 3 rings (SSSR count). The van der Waals surface area contributed by atoms with Gasteiger partial charge in [0.2, 0.25) is 0 Å². The van der Waals surface area contributed by atoms with E-state index in [0.29, 0.717) is 17.1 Å². The number of hydrogen-bond acceptors (Lipinski definition) is 3. The van der Waals surface area contributed by atoms with Crippen LogP contribution < -0.4 is 10.2 Å². The highest BCUT2D eigenvalue weighted by Gasteiger charge is 2.20. The van der Waals surface area contributed by atoms with Crippen molar-refractivity contribution in [3.63, 3.8) is 0 Å². The molecule has 0 spiro atoms. The maximum Gasteiger partial charge on any atom is 0.270 e. The number of rotatable bonds is 10. The zero-order chi connectivity index (χ0) is 21.5. The average molecular weight is 410 g/mol. The third-order valence-electron chi connectivity index (χ3n) is 5.48. The lowest BCUT2D eigenvalue weighted by Crippen LogP contribution is -3.11. The maximum absolute atomic E-state index is 13.1. The fraction of sp³-hybridized carbons (Fsp3) is 0.417. The van der Waals surface area contributed by atoms with Crippen molar-refractivity contribution in [2.45, 2.75) is 46.6 Å². The van der Waals surface area contributed by atoms with Crippen molar-refractivity contribution in [1.29, 1.82) is 0 Å². The second-order valence-corrected chi connectivity index (χ2v) is 7.80. The highest BCUT2D eigenvalue weighted by molar-refractivity contribution is 5.94. The van der Waals surface area contributed by atoms with Crippen molar-refractivity contribution in [3.8, 4) is 17.1 Å². The van der Waals surface area contributed by atoms with Gasteiger partial charge in [0, 0.05) is 12.1 Å². The molecule has 0 unspecified atom stereocenters. The van der Waals surface area contributed by atoms with Crippen molar-refractivity contribution >= 4 is 5.91 Å². The fourth-order valence-electron chi connectivity index (χ4n) is 3.63. The molecule has 0 aliphatic rings. The van der Waals surface area contributed by atoms with E-state index in [2.05, 4.69) is 31.2 Å². The van der Waals surface area contributed by atoms with E-state index in [-0.39, 0.29) is 11.9 Å². The first-order valence-electron chi connectivity index (χ1n) is 10.9. The van der Waals surface area contributed by atoms with Crippen molar-refractivity contribution < 1.29 is 14.1 Å². The van der Waals surface area contributed by atoms with Crippen LogP contribution in [-0.2, 0) is 0 Å². The summed E-state index contributed by atoms with van der Waals surface area (Å²) in [6.45, 7) is 11.8. The van der Waals surface area contributed by atoms with E-state index in [1.165, 1.54) is 0 Å². The number of benzene rings is 1. The summed E-state index contributed by atoms with van der Waals surface area (Å²) in [5.41, 5.74) is 2.00. The molecule has 0 radical (unpaired) electrons. The molecule has 0 aliphatic heterocycles. The first-order chi connectivity index (χ1) is 14.5. The first-order valence-corrected chi connectivity index (χ1v) is 10.9. The number of nitrogens with one attached hydrogen (secondary N) is 2. The predicted molar refractivity (Wildman–Crippen MR) is 119 cm³/mol. The van der Waals surface area contributed by atoms with Gasteiger partial charge in [-0.3, -0.25) is 4.79 Å². The summed E-state index contributed by atoms with van der Waals surface area (Å²) in [7, 11) is 0. The van der Waals surface area contributed by atoms with Crippen molar-refractivity contribution in [1.82, 2.24) is 15.1 Å². The Bertz CT molecular complexity index is 941. The number of hydrogen-bond donors (Lipinski definition) is 2. The molecular weight excluding hydrogens is 376 g/mol. The van der Waals surface area contributed by atoms with Gasteiger partial charge in [0.25, 0.3) is 5.91 Å². The van der Waals surface area contributed by atoms with Gasteiger partial charge < -0.3 is 14.6 Å². The number of nitrogens with zero attached hydrogens (tertiary/aromatic N) is 2. The number of carbonyl (C=O) groups excluding carboxylic acids is 1. The van der Waals surface area contributed by atoms with Crippen LogP contribution in [0.2, 0.25) is 0 Å². The maximum atomic E-state index is 13.1. The Kier molecular flexibility index (Phi) is 7.46. The predicted octanol–water partition coefficient (Wildman–Crippen LogP) is 3.26. The van der Waals surface area contributed by atoms with Crippen LogP contribution >= 0.6 is 0 Å². The topological polar surface area (TPSA) is 64.5 Å². The van der Waals surface area contributed by atoms with E-state index in [9.17, 15) is 4.79 Å². The van der Waals surface area contributed by atoms with Crippen LogP contribution in [0.4, 0.5) is 0 Å². The molecule has 2 heterocycles. The highest BCUT2D eigenvalue weighted by atomic mass is 16.3. The summed E-state index contributed by atoms with van der Waals surface area (Å²) in [6.07, 6.45) is 2.05. The Labute approximate surface area is 178 Å². The van der Waals surface area contributed by atoms with Crippen LogP contribution in [0.3, 0.4) is 0 Å². The van der Waals surface area contributed by atoms with Crippen LogP contribution in [0.15, 0.2) is 52.9 Å². The number of quaternary nitrogens is 1. The average Bonchev–Trinajstić information content (AvgIpc) is 3.38. The molecular formula is C24H33N4O2+. The lowest BCUT2D eigenvalue weighted by molar-refractivity contribution is -0.896. The molecule has 30 heavy (non-hydrogen) atoms. The second-order valence-electron chi connectivity index (χ2n) is 7.80. The van der Waals surface area contributed by atoms with E-state index in [1.54, 1.807) is 15.6 Å². The zero-order valence-corrected chi connectivity index (χ0v) is 18.4. The molecule has 1 atom stereocenters. The second kappa shape index (κ2) is 10.3. The van der Waals surface area contributed by atoms with Crippen LogP contribution in [0.5, 0.6) is 0 Å². The van der Waals surface area contributed by atoms with Crippen molar-refractivity contribution in [3.05, 3.63) is 60.0 Å². The monoisotopic (exact) mass is 409 g/mol. The van der Waals surface area contributed by atoms with Crippen LogP contribution in [0, 0.1) is 6.92 Å². The zero-order valence-electron chi connectivity index (χ0n) is 18.4. The Morgan fingerprint density at radius 1 is 1.17 bits per heavy atom. The van der Waals surface area contributed by atoms with Crippen LogP contribution in [-0.4, -0.2) is 41.4 Å². The van der Waals surface area contributed by atoms with E-state index < -0.39 is 0 Å². The van der Waals surface area contributed by atoms with Gasteiger partial charge in [0.15, 0.2) is 5.76 Å². The summed E-state index contributed by atoms with van der Waals surface area (Å²) in [4.78, 5) is 14.7. The van der Waals surface area contributed by atoms with E-state index >= 15 is 0 Å². The molecule has 6 nitrogen and oxygen atoms in total. The minimum Gasteiger partial charge on any atom is -0.460 e. The molecule has 0 aliphatic carbocycles. The van der Waals surface area contributed by atoms with Gasteiger partial charge in [-0.2, -0.15) is 5.10 Å². The molecule has 1 aromatic carbocycles. The van der Waals surface area contributed by atoms with Gasteiger partial charge in [-0.05, 0) is 64.8 Å². The molecule has 1 amide bonds. The molecule has 2 aromatic heterocycles. The Morgan fingerprint density at radius 3 is 2.53 bits per heavy atom. The SMILES string of the molecule is CC[NH+](CC)CCC[C@@H](C)NC(=O)c1cc(-c2ccc(C)o2)nn1-c1ccccc1. The molecule has 160 valence electrons. The normalized spacial score (nSPS) is 12.3. The molecule has 0 bridgehead atoms. The molecule has 0 fully saturated rings. The number of para-hydroxylation sites is 1. The molecule has 3 aromatic rings. The van der Waals surface area contributed by atoms with E-state index in [0.717, 1.165) is 43.9 Å². The molecule has 2 N–H and O–H groups in total. The number of aromatic nitrogens is 2. The van der Waals surface area contributed by atoms with Crippen molar-refractivity contribution in [2.75, 3.05) is 19.6 Å². The molecule has 0 saturated heterocycles. The largest absolute Gasteiger partial charge is 0.460 e. The minimum absolute atomic E-state index is 0.0980. The third kappa shape index (κ3) is 5.39. The van der Waals surface area contributed by atoms with Crippen molar-refractivity contribution in [2.24, 2.45) is 0 Å². The summed E-state index contributed by atoms with van der Waals surface area (Å²) < 4.78 is 7.41. The molecule has 0 saturated carbocycles. The minimum atomic E-state index is -0.122. The van der Waals surface area contributed by atoms with Crippen LogP contribution in [0.25, 0.3) is 17.1 Å². The lowest BCUT2D eigenvalue weighted by Gasteiger charge is -2.18. The first kappa shape index (κ1) is 21.8. The van der Waals surface area contributed by atoms with E-state index in [1.807, 2.05) is 49.4 Å². The Hall–Kier alpha value is -2.86.